The van der Waals surface area contributed by atoms with Gasteiger partial charge in [0.2, 0.25) is 0 Å². The summed E-state index contributed by atoms with van der Waals surface area (Å²) in [5.74, 6) is 0. The number of fused-ring (bicyclic) bond motifs is 3. The molecule has 0 fully saturated rings. The van der Waals surface area contributed by atoms with Crippen molar-refractivity contribution in [2.75, 3.05) is 5.43 Å². The van der Waals surface area contributed by atoms with Gasteiger partial charge in [0.1, 0.15) is 0 Å². The number of nitrogens with zero attached hydrogens (tertiary/aromatic N) is 1. The van der Waals surface area contributed by atoms with Crippen molar-refractivity contribution in [2.24, 2.45) is 0 Å². The molecule has 2 nitrogen and oxygen atoms in total. The van der Waals surface area contributed by atoms with E-state index in [2.05, 4.69) is 182 Å². The van der Waals surface area contributed by atoms with E-state index in [-0.39, 0.29) is 16.2 Å². The van der Waals surface area contributed by atoms with Crippen molar-refractivity contribution in [3.05, 3.63) is 126 Å². The molecular formula is C42H46N2. The molecule has 0 saturated heterocycles. The highest BCUT2D eigenvalue weighted by molar-refractivity contribution is 6.09. The van der Waals surface area contributed by atoms with Crippen LogP contribution in [0.4, 0.5) is 5.69 Å². The second-order valence-corrected chi connectivity index (χ2v) is 15.3. The summed E-state index contributed by atoms with van der Waals surface area (Å²) in [6, 6.07) is 40.4. The molecule has 0 aliphatic heterocycles. The predicted molar refractivity (Wildman–Crippen MR) is 192 cm³/mol. The fraction of sp³-hybridized carbons (Fsp3) is 0.286. The molecule has 1 heterocycles. The molecule has 6 aromatic rings. The normalized spacial score (nSPS) is 12.7. The Labute approximate surface area is 263 Å². The zero-order chi connectivity index (χ0) is 31.4. The predicted octanol–water partition coefficient (Wildman–Crippen LogP) is 11.9. The molecule has 0 spiro atoms. The zero-order valence-corrected chi connectivity index (χ0v) is 27.8. The Morgan fingerprint density at radius 3 is 1.18 bits per heavy atom. The maximum absolute atomic E-state index is 4.02. The number of aromatic nitrogens is 1. The molecule has 0 aliphatic carbocycles. The lowest BCUT2D eigenvalue weighted by Gasteiger charge is -2.26. The summed E-state index contributed by atoms with van der Waals surface area (Å²) >= 11 is 0. The van der Waals surface area contributed by atoms with Crippen LogP contribution >= 0.6 is 0 Å². The van der Waals surface area contributed by atoms with Crippen molar-refractivity contribution in [3.8, 4) is 22.3 Å². The molecule has 0 unspecified atom stereocenters. The first-order valence-corrected chi connectivity index (χ1v) is 15.9. The van der Waals surface area contributed by atoms with E-state index in [9.17, 15) is 0 Å². The number of hydrogen-bond donors (Lipinski definition) is 1. The zero-order valence-electron chi connectivity index (χ0n) is 27.8. The maximum atomic E-state index is 4.02. The molecular weight excluding hydrogens is 532 g/mol. The van der Waals surface area contributed by atoms with E-state index in [1.165, 1.54) is 60.8 Å². The molecule has 6 rings (SSSR count). The first-order chi connectivity index (χ1) is 20.7. The quantitative estimate of drug-likeness (QED) is 0.220. The molecule has 0 aliphatic rings. The third kappa shape index (κ3) is 5.54. The van der Waals surface area contributed by atoms with Gasteiger partial charge in [0.25, 0.3) is 0 Å². The third-order valence-electron chi connectivity index (χ3n) is 8.89. The van der Waals surface area contributed by atoms with Crippen molar-refractivity contribution in [1.82, 2.24) is 4.68 Å². The summed E-state index contributed by atoms with van der Waals surface area (Å²) in [6.07, 6.45) is 0. The van der Waals surface area contributed by atoms with Crippen LogP contribution in [-0.4, -0.2) is 4.68 Å². The van der Waals surface area contributed by atoms with Gasteiger partial charge in [-0.15, -0.1) is 0 Å². The average Bonchev–Trinajstić information content (AvgIpc) is 3.29. The van der Waals surface area contributed by atoms with Crippen LogP contribution in [0.15, 0.2) is 109 Å². The van der Waals surface area contributed by atoms with E-state index < -0.39 is 0 Å². The minimum Gasteiger partial charge on any atom is -0.293 e. The van der Waals surface area contributed by atoms with Gasteiger partial charge in [0, 0.05) is 21.9 Å². The fourth-order valence-electron chi connectivity index (χ4n) is 6.07. The second kappa shape index (κ2) is 10.7. The molecule has 44 heavy (non-hydrogen) atoms. The Morgan fingerprint density at radius 1 is 0.432 bits per heavy atom. The highest BCUT2D eigenvalue weighted by Gasteiger charge is 2.24. The number of nitrogens with one attached hydrogen (secondary N) is 1. The summed E-state index contributed by atoms with van der Waals surface area (Å²) in [5.41, 5.74) is 16.4. The van der Waals surface area contributed by atoms with Crippen LogP contribution in [0.2, 0.25) is 0 Å². The smallest absolute Gasteiger partial charge is 0.0710 e. The Kier molecular flexibility index (Phi) is 7.24. The van der Waals surface area contributed by atoms with E-state index >= 15 is 0 Å². The average molecular weight is 579 g/mol. The largest absolute Gasteiger partial charge is 0.293 e. The second-order valence-electron chi connectivity index (χ2n) is 15.3. The molecule has 1 aromatic heterocycles. The van der Waals surface area contributed by atoms with Gasteiger partial charge in [-0.05, 0) is 80.5 Å². The molecule has 0 amide bonds. The minimum absolute atomic E-state index is 0.00878. The van der Waals surface area contributed by atoms with E-state index in [4.69, 9.17) is 0 Å². The van der Waals surface area contributed by atoms with Crippen LogP contribution in [-0.2, 0) is 16.2 Å². The number of hydrogen-bond acceptors (Lipinski definition) is 1. The minimum atomic E-state index is -0.00878. The molecule has 0 radical (unpaired) electrons. The van der Waals surface area contributed by atoms with Gasteiger partial charge < -0.3 is 0 Å². The summed E-state index contributed by atoms with van der Waals surface area (Å²) in [5, 5.41) is 2.56. The van der Waals surface area contributed by atoms with Gasteiger partial charge in [-0.3, -0.25) is 10.1 Å². The summed E-state index contributed by atoms with van der Waals surface area (Å²) in [6.45, 7) is 20.6. The molecule has 2 heteroatoms. The van der Waals surface area contributed by atoms with Gasteiger partial charge in [0.05, 0.1) is 16.7 Å². The van der Waals surface area contributed by atoms with Crippen molar-refractivity contribution in [3.63, 3.8) is 0 Å². The molecule has 1 N–H and O–H groups in total. The fourth-order valence-corrected chi connectivity index (χ4v) is 6.07. The van der Waals surface area contributed by atoms with E-state index in [1.54, 1.807) is 0 Å². The van der Waals surface area contributed by atoms with E-state index in [0.29, 0.717) is 0 Å². The first kappa shape index (κ1) is 29.8. The molecule has 0 atom stereocenters. The SMILES string of the molecule is CC(C)(C)c1cc(-c2ccccc2)c(Nn2c3ccc(C(C)(C)C)cc3c3cc(C(C)(C)C)ccc32)c(-c2ccccc2)c1. The Bertz CT molecular complexity index is 1820. The number of benzene rings is 5. The molecule has 0 bridgehead atoms. The van der Waals surface area contributed by atoms with Crippen molar-refractivity contribution in [1.29, 1.82) is 0 Å². The lowest BCUT2D eigenvalue weighted by atomic mass is 9.82. The van der Waals surface area contributed by atoms with Crippen LogP contribution in [0.25, 0.3) is 44.1 Å². The van der Waals surface area contributed by atoms with Crippen LogP contribution in [0.5, 0.6) is 0 Å². The van der Waals surface area contributed by atoms with Crippen LogP contribution in [0, 0.1) is 0 Å². The topological polar surface area (TPSA) is 17.0 Å². The standard InChI is InChI=1S/C42H46N2/c1-40(2,3)30-20-22-37-35(24-30)36-25-31(41(4,5)6)21-23-38(36)44(37)43-39-33(28-16-12-10-13-17-28)26-32(42(7,8)9)27-34(39)29-18-14-11-15-19-29/h10-27,43H,1-9H3. The van der Waals surface area contributed by atoms with E-state index in [0.717, 1.165) is 5.69 Å². The molecule has 224 valence electrons. The lowest BCUT2D eigenvalue weighted by molar-refractivity contribution is 0.590. The van der Waals surface area contributed by atoms with Crippen molar-refractivity contribution >= 4 is 27.5 Å². The van der Waals surface area contributed by atoms with Crippen molar-refractivity contribution < 1.29 is 0 Å². The number of anilines is 1. The van der Waals surface area contributed by atoms with Gasteiger partial charge in [-0.25, -0.2) is 0 Å². The van der Waals surface area contributed by atoms with Crippen LogP contribution < -0.4 is 5.43 Å². The lowest BCUT2D eigenvalue weighted by Crippen LogP contribution is -2.15. The Hall–Kier alpha value is -4.30. The van der Waals surface area contributed by atoms with Crippen LogP contribution in [0.1, 0.15) is 79.0 Å². The van der Waals surface area contributed by atoms with Gasteiger partial charge in [-0.2, -0.15) is 0 Å². The third-order valence-corrected chi connectivity index (χ3v) is 8.89. The summed E-state index contributed by atoms with van der Waals surface area (Å²) in [4.78, 5) is 0. The molecule has 5 aromatic carbocycles. The highest BCUT2D eigenvalue weighted by atomic mass is 15.4. The first-order valence-electron chi connectivity index (χ1n) is 15.9. The van der Waals surface area contributed by atoms with Crippen LogP contribution in [0.3, 0.4) is 0 Å². The summed E-state index contributed by atoms with van der Waals surface area (Å²) in [7, 11) is 0. The van der Waals surface area contributed by atoms with Gasteiger partial charge in [0.15, 0.2) is 0 Å². The maximum Gasteiger partial charge on any atom is 0.0710 e. The molecule has 0 saturated carbocycles. The Morgan fingerprint density at radius 2 is 0.818 bits per heavy atom. The monoisotopic (exact) mass is 578 g/mol. The number of rotatable bonds is 4. The Balaban J connectivity index is 1.69. The van der Waals surface area contributed by atoms with Gasteiger partial charge in [-0.1, -0.05) is 135 Å². The van der Waals surface area contributed by atoms with Crippen molar-refractivity contribution in [2.45, 2.75) is 78.6 Å². The van der Waals surface area contributed by atoms with Gasteiger partial charge >= 0.3 is 0 Å². The highest BCUT2D eigenvalue weighted by Crippen LogP contribution is 2.43. The summed E-state index contributed by atoms with van der Waals surface area (Å²) < 4.78 is 2.31. The van der Waals surface area contributed by atoms with E-state index in [1.807, 2.05) is 0 Å².